The van der Waals surface area contributed by atoms with Crippen LogP contribution in [0.1, 0.15) is 0 Å². The molecule has 0 amide bonds. The van der Waals surface area contributed by atoms with Gasteiger partial charge >= 0.3 is 0 Å². The minimum Gasteiger partial charge on any atom is -0.497 e. The number of rotatable bonds is 4. The summed E-state index contributed by atoms with van der Waals surface area (Å²) in [4.78, 5) is 15.3. The lowest BCUT2D eigenvalue weighted by molar-refractivity contribution is 0.414. The van der Waals surface area contributed by atoms with Crippen LogP contribution in [0.25, 0.3) is 0 Å². The average Bonchev–Trinajstić information content (AvgIpc) is 2.39. The van der Waals surface area contributed by atoms with E-state index in [9.17, 15) is 0 Å². The highest BCUT2D eigenvalue weighted by Crippen LogP contribution is 2.27. The number of aromatic nitrogens is 3. The van der Waals surface area contributed by atoms with Crippen molar-refractivity contribution >= 4 is 29.3 Å². The van der Waals surface area contributed by atoms with Crippen LogP contribution in [0.3, 0.4) is 0 Å². The second-order valence-corrected chi connectivity index (χ2v) is 5.24. The van der Waals surface area contributed by atoms with E-state index in [1.165, 1.54) is 11.8 Å². The van der Waals surface area contributed by atoms with Crippen LogP contribution in [0.4, 0.5) is 5.95 Å². The van der Waals surface area contributed by atoms with Gasteiger partial charge in [-0.2, -0.15) is 15.0 Å². The Balaban J connectivity index is 2.22. The molecule has 0 aliphatic heterocycles. The maximum absolute atomic E-state index is 5.89. The van der Waals surface area contributed by atoms with E-state index in [0.717, 1.165) is 10.6 Å². The van der Waals surface area contributed by atoms with Crippen LogP contribution < -0.4 is 9.64 Å². The summed E-state index contributed by atoms with van der Waals surface area (Å²) in [5.74, 6) is 1.35. The average molecular weight is 297 g/mol. The largest absolute Gasteiger partial charge is 0.497 e. The van der Waals surface area contributed by atoms with Crippen LogP contribution in [0.15, 0.2) is 34.3 Å². The lowest BCUT2D eigenvalue weighted by atomic mass is 10.3. The highest BCUT2D eigenvalue weighted by Gasteiger charge is 2.08. The summed E-state index contributed by atoms with van der Waals surface area (Å²) in [5, 5.41) is 0.753. The van der Waals surface area contributed by atoms with Crippen molar-refractivity contribution in [2.24, 2.45) is 0 Å². The smallest absolute Gasteiger partial charge is 0.230 e. The number of halogens is 1. The van der Waals surface area contributed by atoms with Gasteiger partial charge in [0.05, 0.1) is 7.11 Å². The fraction of sp³-hybridized carbons (Fsp3) is 0.250. The van der Waals surface area contributed by atoms with Gasteiger partial charge in [-0.1, -0.05) is 0 Å². The monoisotopic (exact) mass is 296 g/mol. The van der Waals surface area contributed by atoms with Gasteiger partial charge in [0.2, 0.25) is 11.2 Å². The Hall–Kier alpha value is -1.53. The summed E-state index contributed by atoms with van der Waals surface area (Å²) in [6.45, 7) is 0. The number of hydrogen-bond acceptors (Lipinski definition) is 6. The highest BCUT2D eigenvalue weighted by atomic mass is 35.5. The van der Waals surface area contributed by atoms with Crippen LogP contribution in [-0.2, 0) is 0 Å². The van der Waals surface area contributed by atoms with E-state index in [0.29, 0.717) is 11.1 Å². The Labute approximate surface area is 121 Å². The molecule has 19 heavy (non-hydrogen) atoms. The van der Waals surface area contributed by atoms with Crippen LogP contribution in [-0.4, -0.2) is 36.2 Å². The van der Waals surface area contributed by atoms with E-state index in [1.807, 2.05) is 38.4 Å². The van der Waals surface area contributed by atoms with Crippen molar-refractivity contribution in [2.45, 2.75) is 10.1 Å². The van der Waals surface area contributed by atoms with Crippen LogP contribution >= 0.6 is 23.4 Å². The topological polar surface area (TPSA) is 51.1 Å². The summed E-state index contributed by atoms with van der Waals surface area (Å²) >= 11 is 7.31. The summed E-state index contributed by atoms with van der Waals surface area (Å²) in [6, 6.07) is 7.66. The lowest BCUT2D eigenvalue weighted by Gasteiger charge is -2.10. The van der Waals surface area contributed by atoms with E-state index in [4.69, 9.17) is 16.3 Å². The number of methoxy groups -OCH3 is 1. The Kier molecular flexibility index (Phi) is 4.44. The first kappa shape index (κ1) is 13.9. The van der Waals surface area contributed by atoms with Crippen molar-refractivity contribution in [1.82, 2.24) is 15.0 Å². The second kappa shape index (κ2) is 6.08. The van der Waals surface area contributed by atoms with E-state index >= 15 is 0 Å². The molecule has 0 fully saturated rings. The molecule has 1 aromatic heterocycles. The third-order valence-corrected chi connectivity index (χ3v) is 3.29. The molecule has 5 nitrogen and oxygen atoms in total. The number of ether oxygens (including phenoxy) is 1. The maximum atomic E-state index is 5.89. The van der Waals surface area contributed by atoms with Crippen molar-refractivity contribution in [3.63, 3.8) is 0 Å². The van der Waals surface area contributed by atoms with Crippen LogP contribution in [0.5, 0.6) is 5.75 Å². The predicted octanol–water partition coefficient (Wildman–Crippen LogP) is 2.75. The fourth-order valence-electron chi connectivity index (χ4n) is 1.32. The number of anilines is 1. The molecule has 0 spiro atoms. The van der Waals surface area contributed by atoms with E-state index < -0.39 is 0 Å². The third kappa shape index (κ3) is 3.71. The van der Waals surface area contributed by atoms with Gasteiger partial charge in [-0.25, -0.2) is 0 Å². The minimum absolute atomic E-state index is 0.190. The quantitative estimate of drug-likeness (QED) is 0.865. The Morgan fingerprint density at radius 1 is 1.11 bits per heavy atom. The SMILES string of the molecule is COc1ccc(Sc2nc(Cl)nc(N(C)C)n2)cc1. The lowest BCUT2D eigenvalue weighted by Crippen LogP contribution is -2.13. The molecule has 0 aliphatic carbocycles. The molecule has 2 aromatic rings. The summed E-state index contributed by atoms with van der Waals surface area (Å²) in [5.41, 5.74) is 0. The standard InChI is InChI=1S/C12H13ClN4OS/c1-17(2)11-14-10(13)15-12(16-11)19-9-6-4-8(18-3)5-7-9/h4-7H,1-3H3. The van der Waals surface area contributed by atoms with E-state index in [2.05, 4.69) is 15.0 Å². The summed E-state index contributed by atoms with van der Waals surface area (Å²) in [7, 11) is 5.35. The molecule has 0 bridgehead atoms. The number of hydrogen-bond donors (Lipinski definition) is 0. The molecule has 7 heteroatoms. The van der Waals surface area contributed by atoms with Crippen molar-refractivity contribution in [3.8, 4) is 5.75 Å². The minimum atomic E-state index is 0.190. The van der Waals surface area contributed by atoms with Gasteiger partial charge in [-0.3, -0.25) is 0 Å². The molecule has 0 radical (unpaired) electrons. The molecule has 0 atom stereocenters. The molecule has 0 saturated heterocycles. The Morgan fingerprint density at radius 3 is 2.37 bits per heavy atom. The first-order chi connectivity index (χ1) is 9.08. The molecule has 0 N–H and O–H groups in total. The van der Waals surface area contributed by atoms with Gasteiger partial charge in [0.25, 0.3) is 0 Å². The zero-order valence-electron chi connectivity index (χ0n) is 10.8. The van der Waals surface area contributed by atoms with Crippen molar-refractivity contribution in [1.29, 1.82) is 0 Å². The predicted molar refractivity (Wildman–Crippen MR) is 76.3 cm³/mol. The second-order valence-electron chi connectivity index (χ2n) is 3.86. The molecule has 100 valence electrons. The normalized spacial score (nSPS) is 10.3. The molecule has 2 rings (SSSR count). The van der Waals surface area contributed by atoms with Gasteiger partial charge in [0.1, 0.15) is 5.75 Å². The third-order valence-electron chi connectivity index (χ3n) is 2.24. The van der Waals surface area contributed by atoms with Crippen LogP contribution in [0, 0.1) is 0 Å². The number of benzene rings is 1. The molecule has 1 aromatic carbocycles. The first-order valence-electron chi connectivity index (χ1n) is 5.49. The van der Waals surface area contributed by atoms with E-state index in [-0.39, 0.29) is 5.28 Å². The van der Waals surface area contributed by atoms with E-state index in [1.54, 1.807) is 12.0 Å². The zero-order chi connectivity index (χ0) is 13.8. The van der Waals surface area contributed by atoms with Gasteiger partial charge in [0.15, 0.2) is 5.16 Å². The van der Waals surface area contributed by atoms with Gasteiger partial charge in [-0.15, -0.1) is 0 Å². The Bertz CT molecular complexity index is 562. The molecular formula is C12H13ClN4OS. The number of nitrogens with zero attached hydrogens (tertiary/aromatic N) is 4. The maximum Gasteiger partial charge on any atom is 0.230 e. The molecule has 0 saturated carbocycles. The Morgan fingerprint density at radius 2 is 1.79 bits per heavy atom. The summed E-state index contributed by atoms with van der Waals surface area (Å²) in [6.07, 6.45) is 0. The fourth-order valence-corrected chi connectivity index (χ4v) is 2.26. The molecular weight excluding hydrogens is 284 g/mol. The van der Waals surface area contributed by atoms with Gasteiger partial charge in [0, 0.05) is 19.0 Å². The molecule has 0 aliphatic rings. The van der Waals surface area contributed by atoms with Crippen molar-refractivity contribution in [3.05, 3.63) is 29.5 Å². The van der Waals surface area contributed by atoms with Gasteiger partial charge in [-0.05, 0) is 47.6 Å². The first-order valence-corrected chi connectivity index (χ1v) is 6.69. The van der Waals surface area contributed by atoms with Crippen molar-refractivity contribution < 1.29 is 4.74 Å². The highest BCUT2D eigenvalue weighted by molar-refractivity contribution is 7.99. The molecule has 1 heterocycles. The van der Waals surface area contributed by atoms with Gasteiger partial charge < -0.3 is 9.64 Å². The van der Waals surface area contributed by atoms with Crippen molar-refractivity contribution in [2.75, 3.05) is 26.1 Å². The van der Waals surface area contributed by atoms with Crippen LogP contribution in [0.2, 0.25) is 5.28 Å². The molecule has 0 unspecified atom stereocenters. The zero-order valence-corrected chi connectivity index (χ0v) is 12.4. The summed E-state index contributed by atoms with van der Waals surface area (Å²) < 4.78 is 5.11.